The zero-order valence-corrected chi connectivity index (χ0v) is 13.9. The van der Waals surface area contributed by atoms with Gasteiger partial charge in [0, 0.05) is 58.7 Å². The Morgan fingerprint density at radius 3 is 3.04 bits per heavy atom. The van der Waals surface area contributed by atoms with Crippen LogP contribution < -0.4 is 5.32 Å². The fraction of sp³-hybridized carbons (Fsp3) is 0.750. The van der Waals surface area contributed by atoms with Crippen molar-refractivity contribution in [3.05, 3.63) is 18.2 Å². The summed E-state index contributed by atoms with van der Waals surface area (Å²) in [6, 6.07) is 0.244. The van der Waals surface area contributed by atoms with Crippen LogP contribution in [0.4, 0.5) is 0 Å². The summed E-state index contributed by atoms with van der Waals surface area (Å²) in [5, 5.41) is 2.98. The van der Waals surface area contributed by atoms with Crippen LogP contribution in [0.25, 0.3) is 0 Å². The molecule has 0 aromatic carbocycles. The number of hydrogen-bond acceptors (Lipinski definition) is 5. The van der Waals surface area contributed by atoms with Crippen LogP contribution in [0.15, 0.2) is 12.4 Å². The molecule has 2 atom stereocenters. The van der Waals surface area contributed by atoms with Crippen LogP contribution in [-0.4, -0.2) is 66.4 Å². The van der Waals surface area contributed by atoms with Crippen LogP contribution in [0.1, 0.15) is 24.8 Å². The van der Waals surface area contributed by atoms with Crippen molar-refractivity contribution in [2.24, 2.45) is 13.0 Å². The highest BCUT2D eigenvalue weighted by Crippen LogP contribution is 2.33. The number of aromatic nitrogens is 2. The molecule has 0 aliphatic carbocycles. The van der Waals surface area contributed by atoms with E-state index in [0.717, 1.165) is 44.9 Å². The minimum absolute atomic E-state index is 0.0379. The monoisotopic (exact) mass is 322 g/mol. The molecule has 7 nitrogen and oxygen atoms in total. The van der Waals surface area contributed by atoms with E-state index in [0.29, 0.717) is 5.92 Å². The molecule has 1 amide bonds. The van der Waals surface area contributed by atoms with Crippen molar-refractivity contribution in [2.45, 2.75) is 25.0 Å². The molecule has 3 rings (SSSR count). The Kier molecular flexibility index (Phi) is 5.30. The predicted molar refractivity (Wildman–Crippen MR) is 84.9 cm³/mol. The van der Waals surface area contributed by atoms with Crippen molar-refractivity contribution in [1.82, 2.24) is 19.8 Å². The number of nitrogens with one attached hydrogen (secondary N) is 1. The van der Waals surface area contributed by atoms with Crippen molar-refractivity contribution >= 4 is 5.91 Å². The first kappa shape index (κ1) is 16.4. The maximum atomic E-state index is 11.5. The summed E-state index contributed by atoms with van der Waals surface area (Å²) >= 11 is 0. The number of hydrogen-bond donors (Lipinski definition) is 1. The highest BCUT2D eigenvalue weighted by Gasteiger charge is 2.35. The smallest absolute Gasteiger partial charge is 0.246 e. The van der Waals surface area contributed by atoms with E-state index in [2.05, 4.69) is 15.2 Å². The second-order valence-electron chi connectivity index (χ2n) is 6.51. The van der Waals surface area contributed by atoms with E-state index in [4.69, 9.17) is 9.47 Å². The number of carbonyl (C=O) groups excluding carboxylic acids is 1. The molecule has 0 bridgehead atoms. The van der Waals surface area contributed by atoms with Crippen LogP contribution in [-0.2, 0) is 21.3 Å². The third-order valence-electron chi connectivity index (χ3n) is 4.65. The van der Waals surface area contributed by atoms with Gasteiger partial charge in [-0.1, -0.05) is 0 Å². The number of likely N-dealkylation sites (tertiary alicyclic amines) is 1. The quantitative estimate of drug-likeness (QED) is 0.818. The average molecular weight is 322 g/mol. The largest absolute Gasteiger partial charge is 0.375 e. The number of carbonyl (C=O) groups is 1. The van der Waals surface area contributed by atoms with Gasteiger partial charge in [-0.05, 0) is 12.8 Å². The number of nitrogens with zero attached hydrogens (tertiary/aromatic N) is 3. The number of aryl methyl sites for hydroxylation is 1. The van der Waals surface area contributed by atoms with Gasteiger partial charge < -0.3 is 19.4 Å². The molecule has 2 aliphatic rings. The van der Waals surface area contributed by atoms with Gasteiger partial charge in [-0.25, -0.2) is 4.98 Å². The summed E-state index contributed by atoms with van der Waals surface area (Å²) in [5.41, 5.74) is 0. The summed E-state index contributed by atoms with van der Waals surface area (Å²) in [6.07, 6.45) is 6.14. The van der Waals surface area contributed by atoms with Crippen molar-refractivity contribution in [3.8, 4) is 0 Å². The van der Waals surface area contributed by atoms with Crippen molar-refractivity contribution < 1.29 is 14.3 Å². The third kappa shape index (κ3) is 3.91. The summed E-state index contributed by atoms with van der Waals surface area (Å²) < 4.78 is 12.9. The topological polar surface area (TPSA) is 68.6 Å². The Labute approximate surface area is 137 Å². The van der Waals surface area contributed by atoms with Crippen molar-refractivity contribution in [1.29, 1.82) is 0 Å². The molecule has 1 aromatic rings. The van der Waals surface area contributed by atoms with E-state index >= 15 is 0 Å². The minimum atomic E-state index is -0.0379. The first-order chi connectivity index (χ1) is 11.2. The number of ether oxygens (including phenoxy) is 2. The lowest BCUT2D eigenvalue weighted by molar-refractivity contribution is -0.126. The molecule has 2 saturated heterocycles. The van der Waals surface area contributed by atoms with Gasteiger partial charge in [0.2, 0.25) is 5.91 Å². The van der Waals surface area contributed by atoms with Crippen LogP contribution in [0.3, 0.4) is 0 Å². The fourth-order valence-electron chi connectivity index (χ4n) is 3.51. The highest BCUT2D eigenvalue weighted by molar-refractivity contribution is 5.77. The van der Waals surface area contributed by atoms with Crippen molar-refractivity contribution in [2.75, 3.05) is 40.0 Å². The SMILES string of the molecule is COCC(=O)NC1CN(C[C@@H]2CCCO[C@H]2c2nccn2C)C1. The van der Waals surface area contributed by atoms with Gasteiger partial charge in [0.15, 0.2) is 0 Å². The Morgan fingerprint density at radius 2 is 2.35 bits per heavy atom. The lowest BCUT2D eigenvalue weighted by Gasteiger charge is -2.43. The maximum absolute atomic E-state index is 11.5. The summed E-state index contributed by atoms with van der Waals surface area (Å²) in [7, 11) is 3.55. The first-order valence-corrected chi connectivity index (χ1v) is 8.27. The Balaban J connectivity index is 1.50. The standard InChI is InChI=1S/C16H26N4O3/c1-19-6-5-17-16(19)15-12(4-3-7-23-15)8-20-9-13(10-20)18-14(21)11-22-2/h5-6,12-13,15H,3-4,7-11H2,1-2H3,(H,18,21)/t12-,15+/m0/s1. The van der Waals surface area contributed by atoms with Gasteiger partial charge in [0.05, 0.1) is 6.04 Å². The number of rotatable bonds is 6. The van der Waals surface area contributed by atoms with E-state index in [9.17, 15) is 4.79 Å². The normalized spacial score (nSPS) is 26.0. The van der Waals surface area contributed by atoms with Crippen LogP contribution in [0.2, 0.25) is 0 Å². The van der Waals surface area contributed by atoms with Gasteiger partial charge in [-0.3, -0.25) is 9.69 Å². The van der Waals surface area contributed by atoms with Gasteiger partial charge in [-0.15, -0.1) is 0 Å². The molecule has 2 aliphatic heterocycles. The molecular weight excluding hydrogens is 296 g/mol. The van der Waals surface area contributed by atoms with Gasteiger partial charge >= 0.3 is 0 Å². The van der Waals surface area contributed by atoms with E-state index in [1.165, 1.54) is 7.11 Å². The summed E-state index contributed by atoms with van der Waals surface area (Å²) in [4.78, 5) is 18.3. The van der Waals surface area contributed by atoms with E-state index < -0.39 is 0 Å². The zero-order chi connectivity index (χ0) is 16.2. The van der Waals surface area contributed by atoms with Crippen molar-refractivity contribution in [3.63, 3.8) is 0 Å². The zero-order valence-electron chi connectivity index (χ0n) is 13.9. The summed E-state index contributed by atoms with van der Waals surface area (Å²) in [5.74, 6) is 1.43. The Morgan fingerprint density at radius 1 is 1.52 bits per heavy atom. The maximum Gasteiger partial charge on any atom is 0.246 e. The molecular formula is C16H26N4O3. The minimum Gasteiger partial charge on any atom is -0.375 e. The Bertz CT molecular complexity index is 527. The molecule has 1 N–H and O–H groups in total. The lowest BCUT2D eigenvalue weighted by atomic mass is 9.91. The lowest BCUT2D eigenvalue weighted by Crippen LogP contribution is -2.60. The molecule has 0 unspecified atom stereocenters. The van der Waals surface area contributed by atoms with Gasteiger partial charge in [0.25, 0.3) is 0 Å². The third-order valence-corrected chi connectivity index (χ3v) is 4.65. The molecule has 0 radical (unpaired) electrons. The molecule has 3 heterocycles. The molecule has 0 saturated carbocycles. The number of methoxy groups -OCH3 is 1. The second kappa shape index (κ2) is 7.42. The van der Waals surface area contributed by atoms with Gasteiger partial charge in [0.1, 0.15) is 18.5 Å². The van der Waals surface area contributed by atoms with Crippen LogP contribution >= 0.6 is 0 Å². The molecule has 0 spiro atoms. The highest BCUT2D eigenvalue weighted by atomic mass is 16.5. The van der Waals surface area contributed by atoms with E-state index in [1.54, 1.807) is 0 Å². The van der Waals surface area contributed by atoms with E-state index in [1.807, 2.05) is 24.0 Å². The average Bonchev–Trinajstić information content (AvgIpc) is 2.92. The molecule has 23 heavy (non-hydrogen) atoms. The molecule has 128 valence electrons. The van der Waals surface area contributed by atoms with Crippen LogP contribution in [0.5, 0.6) is 0 Å². The van der Waals surface area contributed by atoms with Crippen LogP contribution in [0, 0.1) is 5.92 Å². The number of imidazole rings is 1. The summed E-state index contributed by atoms with van der Waals surface area (Å²) in [6.45, 7) is 3.74. The molecule has 1 aromatic heterocycles. The van der Waals surface area contributed by atoms with E-state index in [-0.39, 0.29) is 24.7 Å². The second-order valence-corrected chi connectivity index (χ2v) is 6.51. The van der Waals surface area contributed by atoms with Gasteiger partial charge in [-0.2, -0.15) is 0 Å². The molecule has 7 heteroatoms. The predicted octanol–water partition coefficient (Wildman–Crippen LogP) is 0.335. The number of amides is 1. The molecule has 2 fully saturated rings. The Hall–Kier alpha value is -1.44. The first-order valence-electron chi connectivity index (χ1n) is 8.27. The fourth-order valence-corrected chi connectivity index (χ4v) is 3.51.